The highest BCUT2D eigenvalue weighted by Crippen LogP contribution is 2.41. The summed E-state index contributed by atoms with van der Waals surface area (Å²) in [5.41, 5.74) is 0.452. The molecule has 0 radical (unpaired) electrons. The number of ether oxygens (including phenoxy) is 1. The third kappa shape index (κ3) is 4.26. The zero-order valence-corrected chi connectivity index (χ0v) is 12.5. The molecule has 102 valence electrons. The van der Waals surface area contributed by atoms with Crippen molar-refractivity contribution in [1.82, 2.24) is 5.32 Å². The first-order valence-corrected chi connectivity index (χ1v) is 7.08. The Bertz CT molecular complexity index is 221. The van der Waals surface area contributed by atoms with Crippen LogP contribution in [0.15, 0.2) is 0 Å². The lowest BCUT2D eigenvalue weighted by molar-refractivity contribution is 0.0533. The Morgan fingerprint density at radius 1 is 1.29 bits per heavy atom. The highest BCUT2D eigenvalue weighted by molar-refractivity contribution is 4.89. The lowest BCUT2D eigenvalue weighted by Gasteiger charge is -2.42. The second kappa shape index (κ2) is 6.19. The molecule has 0 aromatic carbocycles. The highest BCUT2D eigenvalue weighted by atomic mass is 16.5. The molecular weight excluding hydrogens is 210 g/mol. The van der Waals surface area contributed by atoms with E-state index in [0.29, 0.717) is 17.6 Å². The number of hydrogen-bond donors (Lipinski definition) is 1. The van der Waals surface area contributed by atoms with E-state index in [9.17, 15) is 0 Å². The van der Waals surface area contributed by atoms with Crippen LogP contribution < -0.4 is 5.32 Å². The molecule has 1 aliphatic rings. The fourth-order valence-corrected chi connectivity index (χ4v) is 3.21. The van der Waals surface area contributed by atoms with Crippen LogP contribution in [-0.2, 0) is 4.74 Å². The van der Waals surface area contributed by atoms with Crippen LogP contribution in [0, 0.1) is 17.3 Å². The quantitative estimate of drug-likeness (QED) is 0.814. The van der Waals surface area contributed by atoms with Gasteiger partial charge >= 0.3 is 0 Å². The number of nitrogens with one attached hydrogen (secondary N) is 1. The van der Waals surface area contributed by atoms with Crippen molar-refractivity contribution in [2.45, 2.75) is 65.5 Å². The van der Waals surface area contributed by atoms with Gasteiger partial charge in [-0.25, -0.2) is 0 Å². The topological polar surface area (TPSA) is 21.3 Å². The molecular formula is C15H31NO. The number of hydrogen-bond acceptors (Lipinski definition) is 2. The molecule has 1 aliphatic carbocycles. The van der Waals surface area contributed by atoms with Crippen LogP contribution in [0.4, 0.5) is 0 Å². The fraction of sp³-hybridized carbons (Fsp3) is 1.00. The zero-order valence-electron chi connectivity index (χ0n) is 12.5. The minimum atomic E-state index is 0.384. The third-order valence-corrected chi connectivity index (χ3v) is 4.62. The van der Waals surface area contributed by atoms with Crippen molar-refractivity contribution in [3.63, 3.8) is 0 Å². The first-order valence-electron chi connectivity index (χ1n) is 7.08. The molecule has 0 aromatic rings. The molecule has 0 aromatic heterocycles. The molecule has 2 nitrogen and oxygen atoms in total. The van der Waals surface area contributed by atoms with E-state index in [4.69, 9.17) is 4.74 Å². The molecule has 1 N–H and O–H groups in total. The number of methoxy groups -OCH3 is 1. The summed E-state index contributed by atoms with van der Waals surface area (Å²) in [4.78, 5) is 0. The van der Waals surface area contributed by atoms with Crippen molar-refractivity contribution < 1.29 is 4.74 Å². The van der Waals surface area contributed by atoms with Crippen LogP contribution >= 0.6 is 0 Å². The van der Waals surface area contributed by atoms with Gasteiger partial charge in [0.15, 0.2) is 0 Å². The molecule has 0 saturated heterocycles. The van der Waals surface area contributed by atoms with Gasteiger partial charge in [-0.3, -0.25) is 0 Å². The molecule has 1 saturated carbocycles. The van der Waals surface area contributed by atoms with E-state index < -0.39 is 0 Å². The van der Waals surface area contributed by atoms with Gasteiger partial charge in [0.25, 0.3) is 0 Å². The summed E-state index contributed by atoms with van der Waals surface area (Å²) in [6, 6.07) is 0.686. The van der Waals surface area contributed by atoms with Gasteiger partial charge in [-0.1, -0.05) is 20.8 Å². The predicted octanol–water partition coefficient (Wildman–Crippen LogP) is 3.46. The molecule has 4 atom stereocenters. The van der Waals surface area contributed by atoms with Crippen LogP contribution in [0.2, 0.25) is 0 Å². The molecule has 0 spiro atoms. The van der Waals surface area contributed by atoms with E-state index >= 15 is 0 Å². The Morgan fingerprint density at radius 2 is 1.94 bits per heavy atom. The third-order valence-electron chi connectivity index (χ3n) is 4.62. The average Bonchev–Trinajstić information content (AvgIpc) is 2.27. The van der Waals surface area contributed by atoms with E-state index in [1.54, 1.807) is 0 Å². The zero-order chi connectivity index (χ0) is 13.1. The van der Waals surface area contributed by atoms with Crippen molar-refractivity contribution in [3.8, 4) is 0 Å². The normalized spacial score (nSPS) is 32.5. The summed E-state index contributed by atoms with van der Waals surface area (Å²) in [6.07, 6.45) is 5.61. The Hall–Kier alpha value is -0.0800. The Kier molecular flexibility index (Phi) is 5.46. The second-order valence-corrected chi connectivity index (χ2v) is 6.81. The summed E-state index contributed by atoms with van der Waals surface area (Å²) >= 11 is 0. The van der Waals surface area contributed by atoms with Gasteiger partial charge in [0.05, 0.1) is 6.10 Å². The Balaban J connectivity index is 2.62. The van der Waals surface area contributed by atoms with Crippen LogP contribution in [0.1, 0.15) is 53.4 Å². The van der Waals surface area contributed by atoms with E-state index in [2.05, 4.69) is 40.1 Å². The standard InChI is InChI=1S/C15H31NO/c1-11(17-6)9-12-10-13(15(2,3)4)7-8-14(12)16-5/h11-14,16H,7-10H2,1-6H3. The molecule has 2 heteroatoms. The summed E-state index contributed by atoms with van der Waals surface area (Å²) in [5, 5.41) is 3.50. The summed E-state index contributed by atoms with van der Waals surface area (Å²) < 4.78 is 5.44. The Labute approximate surface area is 108 Å². The van der Waals surface area contributed by atoms with Gasteiger partial charge < -0.3 is 10.1 Å². The molecule has 1 fully saturated rings. The van der Waals surface area contributed by atoms with E-state index in [1.807, 2.05) is 7.11 Å². The van der Waals surface area contributed by atoms with Crippen LogP contribution in [0.5, 0.6) is 0 Å². The minimum Gasteiger partial charge on any atom is -0.382 e. The maximum absolute atomic E-state index is 5.44. The van der Waals surface area contributed by atoms with Gasteiger partial charge in [-0.15, -0.1) is 0 Å². The SMILES string of the molecule is CNC1CCC(C(C)(C)C)CC1CC(C)OC. The van der Waals surface area contributed by atoms with E-state index in [1.165, 1.54) is 25.7 Å². The monoisotopic (exact) mass is 241 g/mol. The first-order chi connectivity index (χ1) is 7.88. The van der Waals surface area contributed by atoms with Crippen molar-refractivity contribution in [2.75, 3.05) is 14.2 Å². The molecule has 0 aliphatic heterocycles. The molecule has 0 bridgehead atoms. The second-order valence-electron chi connectivity index (χ2n) is 6.81. The van der Waals surface area contributed by atoms with Gasteiger partial charge in [0.1, 0.15) is 0 Å². The van der Waals surface area contributed by atoms with Crippen molar-refractivity contribution in [1.29, 1.82) is 0 Å². The highest BCUT2D eigenvalue weighted by Gasteiger charge is 2.35. The lowest BCUT2D eigenvalue weighted by atomic mass is 9.66. The summed E-state index contributed by atoms with van der Waals surface area (Å²) in [7, 11) is 3.93. The van der Waals surface area contributed by atoms with Gasteiger partial charge in [0, 0.05) is 13.2 Å². The summed E-state index contributed by atoms with van der Waals surface area (Å²) in [6.45, 7) is 9.34. The van der Waals surface area contributed by atoms with Crippen molar-refractivity contribution in [2.24, 2.45) is 17.3 Å². The molecule has 1 rings (SSSR count). The van der Waals surface area contributed by atoms with Gasteiger partial charge in [0.2, 0.25) is 0 Å². The molecule has 17 heavy (non-hydrogen) atoms. The molecule has 4 unspecified atom stereocenters. The van der Waals surface area contributed by atoms with Gasteiger partial charge in [-0.2, -0.15) is 0 Å². The maximum atomic E-state index is 5.44. The largest absolute Gasteiger partial charge is 0.382 e. The fourth-order valence-electron chi connectivity index (χ4n) is 3.21. The Morgan fingerprint density at radius 3 is 2.41 bits per heavy atom. The van der Waals surface area contributed by atoms with Crippen LogP contribution in [-0.4, -0.2) is 26.3 Å². The van der Waals surface area contributed by atoms with E-state index in [-0.39, 0.29) is 0 Å². The minimum absolute atomic E-state index is 0.384. The maximum Gasteiger partial charge on any atom is 0.0546 e. The van der Waals surface area contributed by atoms with Crippen molar-refractivity contribution >= 4 is 0 Å². The van der Waals surface area contributed by atoms with Crippen LogP contribution in [0.3, 0.4) is 0 Å². The number of rotatable bonds is 4. The van der Waals surface area contributed by atoms with E-state index in [0.717, 1.165) is 11.8 Å². The van der Waals surface area contributed by atoms with Gasteiger partial charge in [-0.05, 0) is 56.9 Å². The average molecular weight is 241 g/mol. The van der Waals surface area contributed by atoms with Crippen LogP contribution in [0.25, 0.3) is 0 Å². The molecule has 0 amide bonds. The molecule has 0 heterocycles. The first kappa shape index (κ1) is 15.0. The smallest absolute Gasteiger partial charge is 0.0546 e. The summed E-state index contributed by atoms with van der Waals surface area (Å²) in [5.74, 6) is 1.63. The predicted molar refractivity (Wildman–Crippen MR) is 74.2 cm³/mol. The van der Waals surface area contributed by atoms with Crippen molar-refractivity contribution in [3.05, 3.63) is 0 Å². The lowest BCUT2D eigenvalue weighted by Crippen LogP contribution is -2.42.